The molecule has 11 heteroatoms. The summed E-state index contributed by atoms with van der Waals surface area (Å²) in [6.07, 6.45) is 2.68. The molecule has 2 amide bonds. The second kappa shape index (κ2) is 12.0. The molecule has 0 saturated carbocycles. The maximum atomic E-state index is 13.3. The molecule has 2 atom stereocenters. The van der Waals surface area contributed by atoms with E-state index in [4.69, 9.17) is 16.0 Å². The van der Waals surface area contributed by atoms with Crippen molar-refractivity contribution in [2.75, 3.05) is 6.54 Å². The molecule has 0 fully saturated rings. The number of aryl methyl sites for hydroxylation is 1. The van der Waals surface area contributed by atoms with Crippen molar-refractivity contribution in [3.8, 4) is 0 Å². The van der Waals surface area contributed by atoms with Gasteiger partial charge in [0, 0.05) is 37.0 Å². The van der Waals surface area contributed by atoms with E-state index >= 15 is 0 Å². The average Bonchev–Trinajstić information content (AvgIpc) is 3.10. The number of esters is 1. The number of benzene rings is 1. The Bertz CT molecular complexity index is 1140. The monoisotopic (exact) mass is 485 g/mol. The number of nitrogens with zero attached hydrogens (tertiary/aromatic N) is 2. The van der Waals surface area contributed by atoms with E-state index in [9.17, 15) is 19.2 Å². The largest absolute Gasteiger partial charge is 0.458 e. The molecule has 2 rings (SSSR count). The number of aromatic nitrogens is 1. The van der Waals surface area contributed by atoms with Gasteiger partial charge in [0.15, 0.2) is 0 Å². The number of hydrogen-bond donors (Lipinski definition) is 4. The number of Topliss-reactive ketones (excluding diaryl/α,β-unsaturated/α-hetero) is 1. The van der Waals surface area contributed by atoms with E-state index in [0.717, 1.165) is 22.7 Å². The first kappa shape index (κ1) is 27.4. The minimum absolute atomic E-state index is 0.0582. The Balaban J connectivity index is 2.29. The van der Waals surface area contributed by atoms with Gasteiger partial charge in [-0.05, 0) is 38.8 Å². The highest BCUT2D eigenvalue weighted by Gasteiger charge is 2.31. The summed E-state index contributed by atoms with van der Waals surface area (Å²) in [5.41, 5.74) is 13.2. The topological polar surface area (TPSA) is 170 Å². The van der Waals surface area contributed by atoms with Crippen molar-refractivity contribution in [3.05, 3.63) is 36.0 Å². The highest BCUT2D eigenvalue weighted by molar-refractivity contribution is 6.25. The zero-order valence-corrected chi connectivity index (χ0v) is 20.5. The SMILES string of the molecule is Cn1cc(C[C@H](NC(=O)CN)C(=O)N[C@@H](CCC(=O)C=[N+]=N)C(=O)OC(C)(C)C)c2ccccc21. The fraction of sp³-hybridized carbons (Fsp3) is 0.458. The Morgan fingerprint density at radius 3 is 2.49 bits per heavy atom. The third-order valence-electron chi connectivity index (χ3n) is 5.14. The average molecular weight is 486 g/mol. The van der Waals surface area contributed by atoms with Crippen molar-refractivity contribution in [2.45, 2.75) is 57.7 Å². The Morgan fingerprint density at radius 2 is 1.86 bits per heavy atom. The summed E-state index contributed by atoms with van der Waals surface area (Å²) in [4.78, 5) is 52.9. The van der Waals surface area contributed by atoms with E-state index in [-0.39, 0.29) is 25.8 Å². The standard InChI is InChI=1S/C24H32N6O5/c1-24(2,3)35-23(34)18(10-9-16(31)13-27-26)29-22(33)19(28-21(32)12-25)11-15-14-30(4)20-8-6-5-7-17(15)20/h5-8,13-14,18-19,26H,9-12,25H2,1-4H3,(H-,28,29,32,33)/p+1/t18-,19-/m0/s1. The first-order chi connectivity index (χ1) is 16.4. The number of nitrogens with two attached hydrogens (primary N) is 1. The molecule has 0 radical (unpaired) electrons. The van der Waals surface area contributed by atoms with Crippen LogP contribution in [-0.2, 0) is 37.4 Å². The predicted octanol–water partition coefficient (Wildman–Crippen LogP) is 0.650. The fourth-order valence-electron chi connectivity index (χ4n) is 3.59. The summed E-state index contributed by atoms with van der Waals surface area (Å²) in [6.45, 7) is 4.75. The molecule has 1 aromatic heterocycles. The van der Waals surface area contributed by atoms with Crippen LogP contribution in [0, 0.1) is 5.53 Å². The second-order valence-corrected chi connectivity index (χ2v) is 9.17. The first-order valence-electron chi connectivity index (χ1n) is 11.2. The van der Waals surface area contributed by atoms with Crippen LogP contribution in [0.15, 0.2) is 30.5 Å². The van der Waals surface area contributed by atoms with Crippen LogP contribution in [-0.4, -0.2) is 63.4 Å². The van der Waals surface area contributed by atoms with E-state index < -0.39 is 41.3 Å². The van der Waals surface area contributed by atoms with E-state index in [1.165, 1.54) is 0 Å². The quantitative estimate of drug-likeness (QED) is 0.158. The van der Waals surface area contributed by atoms with Gasteiger partial charge < -0.3 is 25.7 Å². The van der Waals surface area contributed by atoms with Crippen LogP contribution in [0.4, 0.5) is 0 Å². The normalized spacial score (nSPS) is 12.8. The summed E-state index contributed by atoms with van der Waals surface area (Å²) in [7, 11) is 1.88. The molecular weight excluding hydrogens is 452 g/mol. The Hall–Kier alpha value is -3.82. The lowest BCUT2D eigenvalue weighted by Gasteiger charge is -2.26. The number of fused-ring (bicyclic) bond motifs is 1. The van der Waals surface area contributed by atoms with Crippen LogP contribution < -0.4 is 16.4 Å². The minimum Gasteiger partial charge on any atom is -0.458 e. The van der Waals surface area contributed by atoms with Gasteiger partial charge in [0.05, 0.1) is 16.9 Å². The summed E-state index contributed by atoms with van der Waals surface area (Å²) < 4.78 is 7.33. The Kier molecular flexibility index (Phi) is 9.44. The number of carbonyl (C=O) groups is 4. The Labute approximate surface area is 203 Å². The summed E-state index contributed by atoms with van der Waals surface area (Å²) in [5.74, 6) is -2.32. The van der Waals surface area contributed by atoms with Crippen LogP contribution in [0.2, 0.25) is 0 Å². The first-order valence-corrected chi connectivity index (χ1v) is 11.2. The number of ether oxygens (including phenoxy) is 1. The van der Waals surface area contributed by atoms with Crippen LogP contribution in [0.5, 0.6) is 0 Å². The van der Waals surface area contributed by atoms with Crippen molar-refractivity contribution >= 4 is 40.7 Å². The lowest BCUT2D eigenvalue weighted by atomic mass is 10.0. The smallest absolute Gasteiger partial charge is 0.372 e. The summed E-state index contributed by atoms with van der Waals surface area (Å²) in [6, 6.07) is 5.50. The number of nitrogens with one attached hydrogen (secondary N) is 3. The van der Waals surface area contributed by atoms with Gasteiger partial charge >= 0.3 is 12.2 Å². The van der Waals surface area contributed by atoms with E-state index in [0.29, 0.717) is 0 Å². The van der Waals surface area contributed by atoms with E-state index in [2.05, 4.69) is 15.4 Å². The predicted molar refractivity (Wildman–Crippen MR) is 129 cm³/mol. The summed E-state index contributed by atoms with van der Waals surface area (Å²) >= 11 is 0. The number of carbonyl (C=O) groups excluding carboxylic acids is 4. The molecule has 0 aliphatic carbocycles. The van der Waals surface area contributed by atoms with Crippen molar-refractivity contribution in [1.29, 1.82) is 5.53 Å². The fourth-order valence-corrected chi connectivity index (χ4v) is 3.59. The maximum absolute atomic E-state index is 13.3. The zero-order chi connectivity index (χ0) is 26.2. The highest BCUT2D eigenvalue weighted by Crippen LogP contribution is 2.22. The van der Waals surface area contributed by atoms with Crippen LogP contribution in [0.25, 0.3) is 10.9 Å². The molecule has 188 valence electrons. The molecule has 2 aromatic rings. The molecule has 11 nitrogen and oxygen atoms in total. The van der Waals surface area contributed by atoms with Crippen molar-refractivity contribution in [2.24, 2.45) is 12.8 Å². The second-order valence-electron chi connectivity index (χ2n) is 9.17. The molecule has 0 bridgehead atoms. The number of para-hydroxylation sites is 1. The lowest BCUT2D eigenvalue weighted by Crippen LogP contribution is -2.54. The molecule has 0 aliphatic rings. The van der Waals surface area contributed by atoms with Crippen molar-refractivity contribution < 1.29 is 28.7 Å². The van der Waals surface area contributed by atoms with Crippen molar-refractivity contribution in [3.63, 3.8) is 0 Å². The van der Waals surface area contributed by atoms with Crippen LogP contribution >= 0.6 is 0 Å². The third-order valence-corrected chi connectivity index (χ3v) is 5.14. The minimum atomic E-state index is -1.14. The molecule has 35 heavy (non-hydrogen) atoms. The highest BCUT2D eigenvalue weighted by atomic mass is 16.6. The number of hydrogen-bond acceptors (Lipinski definition) is 7. The van der Waals surface area contributed by atoms with Gasteiger partial charge in [0.25, 0.3) is 0 Å². The van der Waals surface area contributed by atoms with Gasteiger partial charge in [-0.2, -0.15) is 0 Å². The molecule has 0 aliphatic heterocycles. The third kappa shape index (κ3) is 8.16. The van der Waals surface area contributed by atoms with Gasteiger partial charge in [-0.25, -0.2) is 4.79 Å². The molecule has 0 unspecified atom stereocenters. The lowest BCUT2D eigenvalue weighted by molar-refractivity contribution is -0.159. The zero-order valence-electron chi connectivity index (χ0n) is 20.5. The Morgan fingerprint density at radius 1 is 1.17 bits per heavy atom. The van der Waals surface area contributed by atoms with E-state index in [1.54, 1.807) is 20.8 Å². The van der Waals surface area contributed by atoms with Crippen LogP contribution in [0.3, 0.4) is 0 Å². The number of amides is 2. The molecule has 1 aromatic carbocycles. The molecular formula is C24H33N6O5+. The van der Waals surface area contributed by atoms with Gasteiger partial charge in [-0.1, -0.05) is 18.2 Å². The molecule has 0 spiro atoms. The maximum Gasteiger partial charge on any atom is 0.372 e. The molecule has 5 N–H and O–H groups in total. The van der Waals surface area contributed by atoms with Gasteiger partial charge in [0.2, 0.25) is 17.6 Å². The number of ketones is 1. The van der Waals surface area contributed by atoms with Crippen molar-refractivity contribution in [1.82, 2.24) is 15.2 Å². The van der Waals surface area contributed by atoms with Gasteiger partial charge in [0.1, 0.15) is 17.7 Å². The summed E-state index contributed by atoms with van der Waals surface area (Å²) in [5, 5.41) is 6.17. The van der Waals surface area contributed by atoms with Crippen LogP contribution in [0.1, 0.15) is 39.2 Å². The number of rotatable bonds is 11. The van der Waals surface area contributed by atoms with E-state index in [1.807, 2.05) is 42.1 Å². The molecule has 1 heterocycles. The van der Waals surface area contributed by atoms with Gasteiger partial charge in [-0.15, -0.1) is 0 Å². The van der Waals surface area contributed by atoms with Gasteiger partial charge in [-0.3, -0.25) is 14.4 Å². The molecule has 0 saturated heterocycles.